The second-order valence-corrected chi connectivity index (χ2v) is 7.98. The fourth-order valence-electron chi connectivity index (χ4n) is 4.32. The Morgan fingerprint density at radius 3 is 2.71 bits per heavy atom. The summed E-state index contributed by atoms with van der Waals surface area (Å²) in [5, 5.41) is 0.847. The normalized spacial score (nSPS) is 23.9. The van der Waals surface area contributed by atoms with Crippen molar-refractivity contribution >= 4 is 11.6 Å². The van der Waals surface area contributed by atoms with Crippen molar-refractivity contribution in [3.05, 3.63) is 34.3 Å². The van der Waals surface area contributed by atoms with Gasteiger partial charge in [0, 0.05) is 17.6 Å². The van der Waals surface area contributed by atoms with E-state index < -0.39 is 0 Å². The first-order chi connectivity index (χ1) is 11.7. The summed E-state index contributed by atoms with van der Waals surface area (Å²) in [6.07, 6.45) is 6.64. The highest BCUT2D eigenvalue weighted by Gasteiger charge is 2.27. The highest BCUT2D eigenvalue weighted by atomic mass is 35.5. The Hall–Kier alpha value is -0.610. The minimum Gasteiger partial charge on any atom is -0.330 e. The van der Waals surface area contributed by atoms with E-state index in [9.17, 15) is 0 Å². The lowest BCUT2D eigenvalue weighted by atomic mass is 9.94. The third kappa shape index (κ3) is 4.51. The van der Waals surface area contributed by atoms with Crippen molar-refractivity contribution in [1.82, 2.24) is 9.80 Å². The lowest BCUT2D eigenvalue weighted by Crippen LogP contribution is -2.40. The molecule has 134 valence electrons. The molecule has 2 aliphatic heterocycles. The molecule has 1 aromatic carbocycles. The summed E-state index contributed by atoms with van der Waals surface area (Å²) in [7, 11) is 0. The summed E-state index contributed by atoms with van der Waals surface area (Å²) in [4.78, 5) is 5.37. The van der Waals surface area contributed by atoms with Crippen LogP contribution >= 0.6 is 11.6 Å². The van der Waals surface area contributed by atoms with Crippen molar-refractivity contribution in [2.75, 3.05) is 39.3 Å². The Balaban J connectivity index is 1.54. The maximum Gasteiger partial charge on any atom is 0.0435 e. The highest BCUT2D eigenvalue weighted by Crippen LogP contribution is 2.26. The van der Waals surface area contributed by atoms with Crippen LogP contribution < -0.4 is 5.73 Å². The highest BCUT2D eigenvalue weighted by molar-refractivity contribution is 6.31. The predicted molar refractivity (Wildman–Crippen MR) is 103 cm³/mol. The average molecular weight is 350 g/mol. The first kappa shape index (κ1) is 18.2. The molecule has 0 bridgehead atoms. The molecule has 0 spiro atoms. The smallest absolute Gasteiger partial charge is 0.0435 e. The van der Waals surface area contributed by atoms with E-state index in [0.717, 1.165) is 23.0 Å². The van der Waals surface area contributed by atoms with Crippen LogP contribution in [-0.2, 0) is 0 Å². The van der Waals surface area contributed by atoms with Crippen molar-refractivity contribution in [3.63, 3.8) is 0 Å². The van der Waals surface area contributed by atoms with E-state index >= 15 is 0 Å². The Labute approximate surface area is 152 Å². The molecular formula is C20H32ClN3. The molecule has 2 heterocycles. The number of nitrogens with two attached hydrogens (primary N) is 1. The van der Waals surface area contributed by atoms with Crippen molar-refractivity contribution in [1.29, 1.82) is 0 Å². The van der Waals surface area contributed by atoms with Gasteiger partial charge in [0.2, 0.25) is 0 Å². The molecule has 0 amide bonds. The summed E-state index contributed by atoms with van der Waals surface area (Å²) >= 11 is 6.17. The van der Waals surface area contributed by atoms with Crippen LogP contribution in [0.2, 0.25) is 5.02 Å². The van der Waals surface area contributed by atoms with Crippen LogP contribution in [0.4, 0.5) is 0 Å². The zero-order chi connectivity index (χ0) is 16.9. The monoisotopic (exact) mass is 349 g/mol. The average Bonchev–Trinajstić information content (AvgIpc) is 3.24. The first-order valence-corrected chi connectivity index (χ1v) is 9.97. The molecule has 4 heteroatoms. The van der Waals surface area contributed by atoms with E-state index in [1.54, 1.807) is 0 Å². The summed E-state index contributed by atoms with van der Waals surface area (Å²) in [5.74, 6) is 0.439. The number of likely N-dealkylation sites (tertiary alicyclic amines) is 2. The minimum absolute atomic E-state index is 0.439. The van der Waals surface area contributed by atoms with Crippen molar-refractivity contribution in [3.8, 4) is 0 Å². The van der Waals surface area contributed by atoms with Crippen LogP contribution in [0, 0.1) is 6.92 Å². The van der Waals surface area contributed by atoms with E-state index in [-0.39, 0.29) is 0 Å². The van der Waals surface area contributed by atoms with E-state index in [4.69, 9.17) is 17.3 Å². The summed E-state index contributed by atoms with van der Waals surface area (Å²) < 4.78 is 0. The largest absolute Gasteiger partial charge is 0.330 e. The molecule has 0 aliphatic carbocycles. The van der Waals surface area contributed by atoms with Gasteiger partial charge in [0.1, 0.15) is 0 Å². The van der Waals surface area contributed by atoms with Crippen LogP contribution in [0.5, 0.6) is 0 Å². The first-order valence-electron chi connectivity index (χ1n) is 9.60. The Morgan fingerprint density at radius 1 is 1.21 bits per heavy atom. The summed E-state index contributed by atoms with van der Waals surface area (Å²) in [5.41, 5.74) is 8.58. The van der Waals surface area contributed by atoms with E-state index in [2.05, 4.69) is 28.9 Å². The van der Waals surface area contributed by atoms with Gasteiger partial charge in [0.05, 0.1) is 0 Å². The zero-order valence-corrected chi connectivity index (χ0v) is 15.8. The molecular weight excluding hydrogens is 318 g/mol. The van der Waals surface area contributed by atoms with Crippen LogP contribution in [0.15, 0.2) is 18.2 Å². The fraction of sp³-hybridized carbons (Fsp3) is 0.700. The van der Waals surface area contributed by atoms with Gasteiger partial charge < -0.3 is 10.6 Å². The van der Waals surface area contributed by atoms with Gasteiger partial charge in [-0.3, -0.25) is 4.90 Å². The number of benzene rings is 1. The molecule has 2 atom stereocenters. The van der Waals surface area contributed by atoms with Crippen molar-refractivity contribution < 1.29 is 0 Å². The Bertz CT molecular complexity index is 528. The summed E-state index contributed by atoms with van der Waals surface area (Å²) in [6, 6.07) is 7.14. The number of aryl methyl sites for hydroxylation is 1. The topological polar surface area (TPSA) is 32.5 Å². The number of hydrogen-bond donors (Lipinski definition) is 1. The SMILES string of the molecule is Cc1cc(C(CN)CCN2CCCC2CN2CCCC2)ccc1Cl. The molecule has 2 fully saturated rings. The second-order valence-electron chi connectivity index (χ2n) is 7.57. The van der Waals surface area contributed by atoms with Crippen LogP contribution in [0.1, 0.15) is 49.1 Å². The molecule has 0 aromatic heterocycles. The molecule has 1 aromatic rings. The Morgan fingerprint density at radius 2 is 2.00 bits per heavy atom. The fourth-order valence-corrected chi connectivity index (χ4v) is 4.44. The van der Waals surface area contributed by atoms with Gasteiger partial charge in [-0.15, -0.1) is 0 Å². The third-order valence-electron chi connectivity index (χ3n) is 5.87. The molecule has 2 aliphatic rings. The van der Waals surface area contributed by atoms with Gasteiger partial charge >= 0.3 is 0 Å². The quantitative estimate of drug-likeness (QED) is 0.815. The zero-order valence-electron chi connectivity index (χ0n) is 15.0. The molecule has 2 N–H and O–H groups in total. The van der Waals surface area contributed by atoms with Gasteiger partial charge in [-0.1, -0.05) is 23.7 Å². The van der Waals surface area contributed by atoms with Gasteiger partial charge in [0.15, 0.2) is 0 Å². The molecule has 2 saturated heterocycles. The standard InChI is InChI=1S/C20H32ClN3/c1-16-13-17(6-7-20(16)21)18(14-22)8-12-24-11-4-5-19(24)15-23-9-2-3-10-23/h6-7,13,18-19H,2-5,8-12,14-15,22H2,1H3. The number of nitrogens with zero attached hydrogens (tertiary/aromatic N) is 2. The molecule has 3 nitrogen and oxygen atoms in total. The third-order valence-corrected chi connectivity index (χ3v) is 6.29. The van der Waals surface area contributed by atoms with Gasteiger partial charge in [-0.25, -0.2) is 0 Å². The van der Waals surface area contributed by atoms with Crippen molar-refractivity contribution in [2.45, 2.75) is 51.0 Å². The number of rotatable bonds is 7. The lowest BCUT2D eigenvalue weighted by Gasteiger charge is -2.29. The molecule has 2 unspecified atom stereocenters. The molecule has 3 rings (SSSR count). The van der Waals surface area contributed by atoms with Crippen LogP contribution in [-0.4, -0.2) is 55.1 Å². The van der Waals surface area contributed by atoms with Crippen LogP contribution in [0.3, 0.4) is 0 Å². The Kier molecular flexibility index (Phi) is 6.56. The predicted octanol–water partition coefficient (Wildman–Crippen LogP) is 3.64. The molecule has 0 radical (unpaired) electrons. The number of hydrogen-bond acceptors (Lipinski definition) is 3. The lowest BCUT2D eigenvalue weighted by molar-refractivity contribution is 0.187. The van der Waals surface area contributed by atoms with Gasteiger partial charge in [0.25, 0.3) is 0 Å². The maximum absolute atomic E-state index is 6.17. The van der Waals surface area contributed by atoms with Gasteiger partial charge in [-0.2, -0.15) is 0 Å². The molecule has 0 saturated carbocycles. The van der Waals surface area contributed by atoms with E-state index in [0.29, 0.717) is 12.5 Å². The minimum atomic E-state index is 0.439. The second kappa shape index (κ2) is 8.66. The maximum atomic E-state index is 6.17. The molecule has 24 heavy (non-hydrogen) atoms. The van der Waals surface area contributed by atoms with Crippen molar-refractivity contribution in [2.24, 2.45) is 5.73 Å². The number of halogens is 1. The van der Waals surface area contributed by atoms with Gasteiger partial charge in [-0.05, 0) is 94.9 Å². The summed E-state index contributed by atoms with van der Waals surface area (Å²) in [6.45, 7) is 9.10. The van der Waals surface area contributed by atoms with Crippen LogP contribution in [0.25, 0.3) is 0 Å². The van der Waals surface area contributed by atoms with E-state index in [1.807, 2.05) is 6.07 Å². The van der Waals surface area contributed by atoms with E-state index in [1.165, 1.54) is 64.0 Å².